The number of aliphatic hydroxyl groups excluding tert-OH is 2. The fourth-order valence-corrected chi connectivity index (χ4v) is 5.51. The summed E-state index contributed by atoms with van der Waals surface area (Å²) in [5, 5.41) is 23.7. The van der Waals surface area contributed by atoms with E-state index in [4.69, 9.17) is 18.9 Å². The molecule has 4 N–H and O–H groups in total. The maximum atomic E-state index is 15.6. The Morgan fingerprint density at radius 2 is 0.918 bits per heavy atom. The van der Waals surface area contributed by atoms with Gasteiger partial charge in [0.15, 0.2) is 0 Å². The van der Waals surface area contributed by atoms with E-state index in [1.807, 2.05) is 121 Å². The summed E-state index contributed by atoms with van der Waals surface area (Å²) in [6.07, 6.45) is -5.93. The predicted octanol–water partition coefficient (Wildman–Crippen LogP) is 6.68. The van der Waals surface area contributed by atoms with Gasteiger partial charge in [0.1, 0.15) is 36.3 Å². The average Bonchev–Trinajstić information content (AvgIpc) is 3.13. The zero-order valence-corrected chi connectivity index (χ0v) is 27.6. The first-order valence-corrected chi connectivity index (χ1v) is 16.2. The number of rotatable bonds is 18. The molecule has 0 fully saturated rings. The second-order valence-corrected chi connectivity index (χ2v) is 11.8. The van der Waals surface area contributed by atoms with Gasteiger partial charge in [-0.15, -0.1) is 0 Å². The lowest BCUT2D eigenvalue weighted by Gasteiger charge is -2.38. The Kier molecular flexibility index (Phi) is 15.1. The molecule has 258 valence electrons. The van der Waals surface area contributed by atoms with Crippen LogP contribution in [0.1, 0.15) is 39.5 Å². The first-order chi connectivity index (χ1) is 23.5. The Balaban J connectivity index is 0.00000541. The van der Waals surface area contributed by atoms with Crippen LogP contribution < -0.4 is 0 Å². The minimum absolute atomic E-state index is 0. The van der Waals surface area contributed by atoms with Crippen molar-refractivity contribution in [2.24, 2.45) is 0 Å². The van der Waals surface area contributed by atoms with Gasteiger partial charge in [-0.25, -0.2) is 4.39 Å². The first kappa shape index (κ1) is 37.6. The largest absolute Gasteiger partial charge is 0.412 e. The van der Waals surface area contributed by atoms with Crippen LogP contribution in [0.4, 0.5) is 4.39 Å². The second kappa shape index (κ2) is 19.7. The minimum atomic E-state index is -1.46. The summed E-state index contributed by atoms with van der Waals surface area (Å²) in [5.74, 6) is -0.534. The number of hydrogen-bond donors (Lipinski definition) is 2. The molecule has 0 aliphatic carbocycles. The molecule has 8 heteroatoms. The third kappa shape index (κ3) is 11.1. The van der Waals surface area contributed by atoms with E-state index in [9.17, 15) is 10.2 Å². The zero-order chi connectivity index (χ0) is 33.6. The second-order valence-electron chi connectivity index (χ2n) is 11.8. The SMILES string of the molecule is Cc1cccc(C(O)[C@H](OCc2ccccc2)[C@@H](OCc2ccccc2)[C@H](OCc2ccccc2)[C@H](O)COCc2ccccc2)c1F.O. The molecule has 5 aromatic carbocycles. The van der Waals surface area contributed by atoms with E-state index in [0.29, 0.717) is 5.56 Å². The molecule has 0 aromatic heterocycles. The molecule has 0 aliphatic heterocycles. The fourth-order valence-electron chi connectivity index (χ4n) is 5.51. The summed E-state index contributed by atoms with van der Waals surface area (Å²) in [6, 6.07) is 43.2. The highest BCUT2D eigenvalue weighted by molar-refractivity contribution is 5.28. The number of aliphatic hydroxyl groups is 2. The number of ether oxygens (including phenoxy) is 4. The molecule has 5 rings (SSSR count). The van der Waals surface area contributed by atoms with Crippen LogP contribution in [0.2, 0.25) is 0 Å². The van der Waals surface area contributed by atoms with Gasteiger partial charge in [0.05, 0.1) is 33.0 Å². The topological polar surface area (TPSA) is 109 Å². The number of halogens is 1. The standard InChI is InChI=1S/C41H43FO6.H2O/c1-30-15-14-24-35(37(30)42)38(44)40(47-27-33-20-10-4-11-21-33)41(48-28-34-22-12-5-13-23-34)39(46-26-32-18-8-3-9-19-32)36(43)29-45-25-31-16-6-2-7-17-31;/h2-24,36,38-41,43-44H,25-29H2,1H3;1H2/t36-,38?,39-,40+,41+;/m1./s1. The minimum Gasteiger partial charge on any atom is -0.412 e. The lowest BCUT2D eigenvalue weighted by molar-refractivity contribution is -0.207. The number of aryl methyl sites for hydroxylation is 1. The van der Waals surface area contributed by atoms with Gasteiger partial charge >= 0.3 is 0 Å². The van der Waals surface area contributed by atoms with Crippen LogP contribution in [0.5, 0.6) is 0 Å². The lowest BCUT2D eigenvalue weighted by Crippen LogP contribution is -2.52. The molecule has 0 radical (unpaired) electrons. The van der Waals surface area contributed by atoms with Crippen LogP contribution >= 0.6 is 0 Å². The van der Waals surface area contributed by atoms with Gasteiger partial charge in [-0.3, -0.25) is 0 Å². The smallest absolute Gasteiger partial charge is 0.132 e. The molecule has 0 heterocycles. The summed E-state index contributed by atoms with van der Waals surface area (Å²) < 4.78 is 41.1. The highest BCUT2D eigenvalue weighted by atomic mass is 19.1. The predicted molar refractivity (Wildman–Crippen MR) is 187 cm³/mol. The highest BCUT2D eigenvalue weighted by Crippen LogP contribution is 2.31. The molecule has 0 amide bonds. The molecule has 49 heavy (non-hydrogen) atoms. The van der Waals surface area contributed by atoms with Crippen LogP contribution in [0, 0.1) is 12.7 Å². The van der Waals surface area contributed by atoms with E-state index in [0.717, 1.165) is 22.3 Å². The van der Waals surface area contributed by atoms with Gasteiger partial charge in [0.25, 0.3) is 0 Å². The lowest BCUT2D eigenvalue weighted by atomic mass is 9.93. The van der Waals surface area contributed by atoms with Crippen molar-refractivity contribution in [1.82, 2.24) is 0 Å². The molecule has 7 nitrogen and oxygen atoms in total. The van der Waals surface area contributed by atoms with E-state index in [-0.39, 0.29) is 44.1 Å². The van der Waals surface area contributed by atoms with Crippen LogP contribution in [0.15, 0.2) is 140 Å². The van der Waals surface area contributed by atoms with E-state index in [1.54, 1.807) is 25.1 Å². The van der Waals surface area contributed by atoms with Crippen LogP contribution in [-0.4, -0.2) is 46.7 Å². The van der Waals surface area contributed by atoms with E-state index < -0.39 is 36.3 Å². The third-order valence-corrected chi connectivity index (χ3v) is 8.13. The number of hydrogen-bond acceptors (Lipinski definition) is 6. The first-order valence-electron chi connectivity index (χ1n) is 16.2. The maximum Gasteiger partial charge on any atom is 0.132 e. The average molecular weight is 669 g/mol. The molecular weight excluding hydrogens is 623 g/mol. The number of benzene rings is 5. The Morgan fingerprint density at radius 1 is 0.510 bits per heavy atom. The van der Waals surface area contributed by atoms with Crippen LogP contribution in [0.3, 0.4) is 0 Å². The molecular formula is C41H45FO7. The molecule has 0 spiro atoms. The maximum absolute atomic E-state index is 15.6. The summed E-state index contributed by atoms with van der Waals surface area (Å²) in [7, 11) is 0. The highest BCUT2D eigenvalue weighted by Gasteiger charge is 2.42. The van der Waals surface area contributed by atoms with Gasteiger partial charge in [-0.05, 0) is 34.7 Å². The molecule has 5 aromatic rings. The molecule has 0 saturated carbocycles. The van der Waals surface area contributed by atoms with E-state index in [1.165, 1.54) is 0 Å². The Morgan fingerprint density at radius 3 is 1.39 bits per heavy atom. The summed E-state index contributed by atoms with van der Waals surface area (Å²) in [6.45, 7) is 2.22. The van der Waals surface area contributed by atoms with E-state index >= 15 is 4.39 Å². The van der Waals surface area contributed by atoms with Crippen molar-refractivity contribution in [3.8, 4) is 0 Å². The quantitative estimate of drug-likeness (QED) is 0.108. The van der Waals surface area contributed by atoms with Crippen molar-refractivity contribution < 1.29 is 39.0 Å². The van der Waals surface area contributed by atoms with Gasteiger partial charge in [0.2, 0.25) is 0 Å². The fraction of sp³-hybridized carbons (Fsp3) is 0.268. The Hall–Kier alpha value is -4.25. The normalized spacial score (nSPS) is 14.3. The zero-order valence-electron chi connectivity index (χ0n) is 27.6. The molecule has 1 unspecified atom stereocenters. The summed E-state index contributed by atoms with van der Waals surface area (Å²) in [5.41, 5.74) is 4.03. The van der Waals surface area contributed by atoms with Crippen molar-refractivity contribution in [2.75, 3.05) is 6.61 Å². The van der Waals surface area contributed by atoms with Gasteiger partial charge in [-0.1, -0.05) is 140 Å². The van der Waals surface area contributed by atoms with Crippen molar-refractivity contribution in [2.45, 2.75) is 63.9 Å². The molecule has 0 bridgehead atoms. The summed E-state index contributed by atoms with van der Waals surface area (Å²) >= 11 is 0. The van der Waals surface area contributed by atoms with Crippen LogP contribution in [0.25, 0.3) is 0 Å². The molecule has 0 saturated heterocycles. The monoisotopic (exact) mass is 668 g/mol. The van der Waals surface area contributed by atoms with Crippen LogP contribution in [-0.2, 0) is 45.4 Å². The van der Waals surface area contributed by atoms with Crippen molar-refractivity contribution in [1.29, 1.82) is 0 Å². The van der Waals surface area contributed by atoms with Crippen molar-refractivity contribution in [3.05, 3.63) is 179 Å². The summed E-state index contributed by atoms with van der Waals surface area (Å²) in [4.78, 5) is 0. The molecule has 0 aliphatic rings. The van der Waals surface area contributed by atoms with Gasteiger partial charge in [-0.2, -0.15) is 0 Å². The van der Waals surface area contributed by atoms with Gasteiger partial charge < -0.3 is 34.6 Å². The third-order valence-electron chi connectivity index (χ3n) is 8.13. The van der Waals surface area contributed by atoms with Gasteiger partial charge in [0, 0.05) is 5.56 Å². The Bertz CT molecular complexity index is 1620. The van der Waals surface area contributed by atoms with Crippen molar-refractivity contribution >= 4 is 0 Å². The van der Waals surface area contributed by atoms with E-state index in [2.05, 4.69) is 0 Å². The van der Waals surface area contributed by atoms with Crippen molar-refractivity contribution in [3.63, 3.8) is 0 Å². The Labute approximate surface area is 287 Å². The molecule has 5 atom stereocenters.